The van der Waals surface area contributed by atoms with Gasteiger partial charge in [-0.15, -0.1) is 11.4 Å². The van der Waals surface area contributed by atoms with Crippen LogP contribution in [0.2, 0.25) is 0 Å². The van der Waals surface area contributed by atoms with Gasteiger partial charge in [0, 0.05) is 82.5 Å². The van der Waals surface area contributed by atoms with E-state index in [1.165, 1.54) is 19.1 Å². The molecule has 5 rings (SSSR count). The average molecular weight is 936 g/mol. The van der Waals surface area contributed by atoms with Crippen molar-refractivity contribution in [1.82, 2.24) is 4.98 Å². The number of carbonyl (C=O) groups is 8. The Hall–Kier alpha value is -6.35. The zero-order valence-corrected chi connectivity index (χ0v) is 36.1. The molecular weight excluding hydrogens is 887 g/mol. The predicted octanol–water partition coefficient (Wildman–Crippen LogP) is 4.77. The molecule has 347 valence electrons. The maximum absolute atomic E-state index is 12.7. The Morgan fingerprint density at radius 1 is 0.656 bits per heavy atom. The summed E-state index contributed by atoms with van der Waals surface area (Å²) in [4.78, 5) is 113. The molecule has 0 amide bonds. The predicted molar refractivity (Wildman–Crippen MR) is 219 cm³/mol. The van der Waals surface area contributed by atoms with Crippen LogP contribution in [0.3, 0.4) is 0 Å². The zero-order valence-electron chi connectivity index (χ0n) is 35.0. The Labute approximate surface area is 375 Å². The van der Waals surface area contributed by atoms with Crippen molar-refractivity contribution in [3.05, 3.63) is 68.3 Å². The Morgan fingerprint density at radius 2 is 1.22 bits per heavy atom. The van der Waals surface area contributed by atoms with Crippen LogP contribution in [-0.2, 0) is 74.4 Å². The third-order valence-corrected chi connectivity index (χ3v) is 12.4. The zero-order chi connectivity index (χ0) is 46.7. The summed E-state index contributed by atoms with van der Waals surface area (Å²) in [6.45, 7) is 4.63. The monoisotopic (exact) mass is 935 g/mol. The summed E-state index contributed by atoms with van der Waals surface area (Å²) in [6, 6.07) is 0. The number of carboxylic acid groups (broad SMARTS) is 8. The molecule has 1 radical (unpaired) electrons. The molecule has 0 aromatic carbocycles. The molecule has 1 aromatic heterocycles. The van der Waals surface area contributed by atoms with E-state index in [0.29, 0.717) is 0 Å². The quantitative estimate of drug-likeness (QED) is 0.0872. The first-order valence-corrected chi connectivity index (χ1v) is 20.1. The molecule has 8 bridgehead atoms. The third-order valence-electron chi connectivity index (χ3n) is 12.4. The van der Waals surface area contributed by atoms with Crippen LogP contribution in [-0.4, -0.2) is 100 Å². The molecule has 0 aliphatic carbocycles. The number of aromatic nitrogens is 1. The number of aliphatic carboxylic acids is 8. The van der Waals surface area contributed by atoms with E-state index in [4.69, 9.17) is 20.3 Å². The molecule has 5 atom stereocenters. The Bertz CT molecular complexity index is 2370. The van der Waals surface area contributed by atoms with Crippen molar-refractivity contribution in [3.63, 3.8) is 0 Å². The average Bonchev–Trinajstić information content (AvgIpc) is 3.80. The fraction of sp³-hybridized carbons (Fsp3) is 0.488. The fourth-order valence-corrected chi connectivity index (χ4v) is 9.58. The number of nitrogens with zero attached hydrogens (tertiary/aromatic N) is 4. The maximum atomic E-state index is 12.7. The van der Waals surface area contributed by atoms with Gasteiger partial charge in [-0.1, -0.05) is 31.6 Å². The largest absolute Gasteiger partial charge is 0.664 e. The van der Waals surface area contributed by atoms with Crippen molar-refractivity contribution in [2.75, 3.05) is 0 Å². The van der Waals surface area contributed by atoms with Crippen LogP contribution in [0.15, 0.2) is 50.5 Å². The SMILES string of the molecule is C/C1=C2N=C(/C=C3\[N-]/C(=C\C4=NC(=C(CCC(=O)O)C4CC(=O)O)Cc4[n-]c1c(CC(=O)O)c4CCC(=O)O)[C@@H](CCC(=O)O)[C@]3(C)CC(=O)O)[C@@H](CCC(=O)O)[C@]/2(C)CC(=O)O.[Co]. The smallest absolute Gasteiger partial charge is 0.307 e. The topological polar surface area (TPSA) is 351 Å². The van der Waals surface area contributed by atoms with Crippen LogP contribution in [0.5, 0.6) is 0 Å². The van der Waals surface area contributed by atoms with E-state index in [-0.39, 0.29) is 117 Å². The molecule has 4 aliphatic rings. The van der Waals surface area contributed by atoms with Crippen LogP contribution >= 0.6 is 0 Å². The molecule has 1 fully saturated rings. The number of allylic oxidation sites excluding steroid dienone is 8. The Morgan fingerprint density at radius 3 is 1.77 bits per heavy atom. The molecule has 21 heteroatoms. The van der Waals surface area contributed by atoms with Crippen LogP contribution < -0.4 is 4.98 Å². The van der Waals surface area contributed by atoms with Gasteiger partial charge in [0.2, 0.25) is 0 Å². The summed E-state index contributed by atoms with van der Waals surface area (Å²) in [5, 5.41) is 85.0. The molecule has 20 nitrogen and oxygen atoms in total. The van der Waals surface area contributed by atoms with Gasteiger partial charge in [0.1, 0.15) is 0 Å². The van der Waals surface area contributed by atoms with E-state index >= 15 is 0 Å². The van der Waals surface area contributed by atoms with Gasteiger partial charge in [-0.25, -0.2) is 0 Å². The minimum atomic E-state index is -1.52. The van der Waals surface area contributed by atoms with Crippen molar-refractivity contribution >= 4 is 64.8 Å². The molecular formula is C43H48CoN4O16-2. The van der Waals surface area contributed by atoms with E-state index in [0.717, 1.165) is 0 Å². The Kier molecular flexibility index (Phi) is 15.7. The maximum Gasteiger partial charge on any atom is 0.307 e. The van der Waals surface area contributed by atoms with Crippen LogP contribution in [0.25, 0.3) is 10.9 Å². The molecule has 1 saturated heterocycles. The molecule has 4 aliphatic heterocycles. The number of fused-ring (bicyclic) bond motifs is 6. The Balaban J connectivity index is 0.00000898. The molecule has 64 heavy (non-hydrogen) atoms. The second-order valence-electron chi connectivity index (χ2n) is 16.7. The van der Waals surface area contributed by atoms with Gasteiger partial charge in [0.25, 0.3) is 0 Å². The number of hydrogen-bond acceptors (Lipinski definition) is 10. The molecule has 1 aromatic rings. The van der Waals surface area contributed by atoms with Gasteiger partial charge in [0.15, 0.2) is 0 Å². The number of rotatable bonds is 20. The summed E-state index contributed by atoms with van der Waals surface area (Å²) in [5.41, 5.74) is -1.50. The van der Waals surface area contributed by atoms with Crippen molar-refractivity contribution in [1.29, 1.82) is 0 Å². The molecule has 0 spiro atoms. The van der Waals surface area contributed by atoms with E-state index in [9.17, 15) is 79.2 Å². The van der Waals surface area contributed by atoms with Gasteiger partial charge in [-0.2, -0.15) is 11.4 Å². The van der Waals surface area contributed by atoms with Gasteiger partial charge in [0.05, 0.1) is 25.7 Å². The van der Waals surface area contributed by atoms with Gasteiger partial charge < -0.3 is 51.2 Å². The minimum Gasteiger partial charge on any atom is -0.664 e. The van der Waals surface area contributed by atoms with E-state index in [1.54, 1.807) is 13.8 Å². The van der Waals surface area contributed by atoms with Gasteiger partial charge in [-0.05, 0) is 67.1 Å². The first kappa shape index (κ1) is 50.3. The standard InChI is InChI=1S/C43H49N4O16.Co/c1-19-40-23(13-37(58)59)21(5-9-33(50)51)27(46-40)14-26-20(4-8-32(48)49)22(12-36(56)57)28(44-26)15-29-24(6-10-34(52)53)42(2,17-38(60)61)31(45-29)16-30-25(7-11-35(54)55)43(3,18-39(62)63)41(19)47-30;/h15-16,22,24-25H,4-14,17-18H2,1-3H3,(H9,44,45,47,48,49,50,51,52,53,54,55,56,57,58,59,60,61,62,63);/q-1;/p-1/b41-19-;/t22?,24-,25-,42+,43+;/m1./s1. The van der Waals surface area contributed by atoms with Crippen LogP contribution in [0, 0.1) is 28.6 Å². The fourth-order valence-electron chi connectivity index (χ4n) is 9.58. The van der Waals surface area contributed by atoms with Crippen LogP contribution in [0.4, 0.5) is 0 Å². The van der Waals surface area contributed by atoms with E-state index in [1.807, 2.05) is 0 Å². The number of carboxylic acids is 8. The summed E-state index contributed by atoms with van der Waals surface area (Å²) in [6.07, 6.45) is -2.55. The van der Waals surface area contributed by atoms with Crippen molar-refractivity contribution in [2.24, 2.45) is 38.6 Å². The number of aliphatic imine (C=N–C) groups is 2. The normalized spacial score (nSPS) is 26.3. The summed E-state index contributed by atoms with van der Waals surface area (Å²) in [5.74, 6) is -13.1. The van der Waals surface area contributed by atoms with E-state index in [2.05, 4.69) is 0 Å². The summed E-state index contributed by atoms with van der Waals surface area (Å²) in [7, 11) is 0. The number of hydrogen-bond donors (Lipinski definition) is 8. The molecule has 8 N–H and O–H groups in total. The van der Waals surface area contributed by atoms with Crippen molar-refractivity contribution in [3.8, 4) is 0 Å². The van der Waals surface area contributed by atoms with Crippen LogP contribution in [0.1, 0.15) is 107 Å². The molecule has 1 unspecified atom stereocenters. The summed E-state index contributed by atoms with van der Waals surface area (Å²) >= 11 is 0. The minimum absolute atomic E-state index is 0. The van der Waals surface area contributed by atoms with Crippen molar-refractivity contribution < 1.29 is 96.0 Å². The van der Waals surface area contributed by atoms with E-state index < -0.39 is 128 Å². The van der Waals surface area contributed by atoms with Gasteiger partial charge >= 0.3 is 47.8 Å². The van der Waals surface area contributed by atoms with Gasteiger partial charge in [-0.3, -0.25) is 48.3 Å². The summed E-state index contributed by atoms with van der Waals surface area (Å²) < 4.78 is 0. The first-order valence-electron chi connectivity index (χ1n) is 20.1. The second kappa shape index (κ2) is 20.0. The first-order chi connectivity index (χ1) is 29.4. The molecule has 5 heterocycles. The molecule has 0 saturated carbocycles. The van der Waals surface area contributed by atoms with Crippen molar-refractivity contribution in [2.45, 2.75) is 104 Å². The second-order valence-corrected chi connectivity index (χ2v) is 16.7. The third kappa shape index (κ3) is 10.9.